The Balaban J connectivity index is 4.24. The van der Waals surface area contributed by atoms with Crippen molar-refractivity contribution in [2.45, 2.75) is 19.8 Å². The van der Waals surface area contributed by atoms with Gasteiger partial charge in [-0.3, -0.25) is 9.59 Å². The molecule has 7 nitrogen and oxygen atoms in total. The maximum atomic E-state index is 11.3. The number of ether oxygens (including phenoxy) is 1. The van der Waals surface area contributed by atoms with E-state index in [1.807, 2.05) is 0 Å². The number of methoxy groups -OCH3 is 1. The van der Waals surface area contributed by atoms with Crippen LogP contribution in [0.15, 0.2) is 0 Å². The lowest BCUT2D eigenvalue weighted by molar-refractivity contribution is -0.138. The number of carboxylic acids is 1. The fraction of sp³-hybridized carbons (Fsp3) is 0.778. The van der Waals surface area contributed by atoms with Gasteiger partial charge in [-0.1, -0.05) is 13.3 Å². The monoisotopic (exact) mass is 267 g/mol. The maximum Gasteiger partial charge on any atom is 0.322 e. The molecule has 0 bridgehead atoms. The van der Waals surface area contributed by atoms with Crippen molar-refractivity contribution in [1.82, 2.24) is 4.72 Å². The summed E-state index contributed by atoms with van der Waals surface area (Å²) < 4.78 is 29.1. The van der Waals surface area contributed by atoms with Gasteiger partial charge in [0, 0.05) is 13.0 Å². The fourth-order valence-corrected chi connectivity index (χ4v) is 2.14. The van der Waals surface area contributed by atoms with Gasteiger partial charge >= 0.3 is 11.9 Å². The Morgan fingerprint density at radius 2 is 2.00 bits per heavy atom. The lowest BCUT2D eigenvalue weighted by Gasteiger charge is -2.13. The average Bonchev–Trinajstić information content (AvgIpc) is 2.23. The molecule has 0 saturated heterocycles. The van der Waals surface area contributed by atoms with E-state index in [0.29, 0.717) is 6.42 Å². The molecule has 100 valence electrons. The molecule has 0 rings (SSSR count). The molecule has 1 unspecified atom stereocenters. The van der Waals surface area contributed by atoms with Crippen molar-refractivity contribution in [2.75, 3.05) is 19.4 Å². The lowest BCUT2D eigenvalue weighted by Crippen LogP contribution is -2.34. The number of carbonyl (C=O) groups excluding carboxylic acids is 1. The SMILES string of the molecule is CCC(CNS(=O)(=O)CC(=O)OC)CC(=O)O. The molecule has 0 aromatic carbocycles. The molecule has 0 aliphatic heterocycles. The standard InChI is InChI=1S/C9H17NO6S/c1-3-7(4-8(11)12)5-10-17(14,15)6-9(13)16-2/h7,10H,3-6H2,1-2H3,(H,11,12). The fourth-order valence-electron chi connectivity index (χ4n) is 1.12. The first-order chi connectivity index (χ1) is 7.80. The first-order valence-electron chi connectivity index (χ1n) is 5.06. The minimum Gasteiger partial charge on any atom is -0.481 e. The van der Waals surface area contributed by atoms with Crippen LogP contribution in [0.3, 0.4) is 0 Å². The van der Waals surface area contributed by atoms with E-state index in [9.17, 15) is 18.0 Å². The van der Waals surface area contributed by atoms with Crippen molar-refractivity contribution in [1.29, 1.82) is 0 Å². The number of nitrogens with one attached hydrogen (secondary N) is 1. The highest BCUT2D eigenvalue weighted by Crippen LogP contribution is 2.07. The Labute approximate surface area is 100 Å². The van der Waals surface area contributed by atoms with Crippen molar-refractivity contribution < 1.29 is 27.9 Å². The molecule has 0 spiro atoms. The molecule has 1 atom stereocenters. The third-order valence-electron chi connectivity index (χ3n) is 2.17. The lowest BCUT2D eigenvalue weighted by atomic mass is 10.0. The molecule has 0 saturated carbocycles. The number of carboxylic acid groups (broad SMARTS) is 1. The highest BCUT2D eigenvalue weighted by atomic mass is 32.2. The summed E-state index contributed by atoms with van der Waals surface area (Å²) in [6, 6.07) is 0. The first-order valence-corrected chi connectivity index (χ1v) is 6.72. The summed E-state index contributed by atoms with van der Waals surface area (Å²) >= 11 is 0. The Kier molecular flexibility index (Phi) is 6.74. The zero-order valence-electron chi connectivity index (χ0n) is 9.80. The molecule has 0 amide bonds. The van der Waals surface area contributed by atoms with Crippen molar-refractivity contribution in [3.05, 3.63) is 0 Å². The van der Waals surface area contributed by atoms with Gasteiger partial charge in [-0.15, -0.1) is 0 Å². The van der Waals surface area contributed by atoms with Gasteiger partial charge in [-0.05, 0) is 5.92 Å². The summed E-state index contributed by atoms with van der Waals surface area (Å²) in [5.41, 5.74) is 0. The number of carbonyl (C=O) groups is 2. The second-order valence-corrected chi connectivity index (χ2v) is 5.36. The predicted molar refractivity (Wildman–Crippen MR) is 59.8 cm³/mol. The van der Waals surface area contributed by atoms with Crippen LogP contribution in [-0.4, -0.2) is 44.9 Å². The van der Waals surface area contributed by atoms with E-state index in [1.54, 1.807) is 6.92 Å². The molecule has 8 heteroatoms. The zero-order valence-corrected chi connectivity index (χ0v) is 10.6. The summed E-state index contributed by atoms with van der Waals surface area (Å²) in [5.74, 6) is -2.89. The normalized spacial score (nSPS) is 13.1. The topological polar surface area (TPSA) is 110 Å². The van der Waals surface area contributed by atoms with Gasteiger partial charge in [0.1, 0.15) is 0 Å². The van der Waals surface area contributed by atoms with Crippen molar-refractivity contribution in [2.24, 2.45) is 5.92 Å². The molecule has 0 aliphatic rings. The summed E-state index contributed by atoms with van der Waals surface area (Å²) in [4.78, 5) is 21.2. The number of hydrogen-bond acceptors (Lipinski definition) is 5. The van der Waals surface area contributed by atoms with Crippen LogP contribution in [0.5, 0.6) is 0 Å². The maximum absolute atomic E-state index is 11.3. The molecule has 0 aromatic heterocycles. The molecular weight excluding hydrogens is 250 g/mol. The number of aliphatic carboxylic acids is 1. The number of sulfonamides is 1. The summed E-state index contributed by atoms with van der Waals surface area (Å²) in [6.07, 6.45) is 0.421. The van der Waals surface area contributed by atoms with E-state index in [2.05, 4.69) is 9.46 Å². The Hall–Kier alpha value is -1.15. The Morgan fingerprint density at radius 3 is 2.41 bits per heavy atom. The van der Waals surface area contributed by atoms with Crippen molar-refractivity contribution in [3.8, 4) is 0 Å². The quantitative estimate of drug-likeness (QED) is 0.578. The van der Waals surface area contributed by atoms with E-state index in [1.165, 1.54) is 0 Å². The smallest absolute Gasteiger partial charge is 0.322 e. The molecule has 0 aliphatic carbocycles. The summed E-state index contributed by atoms with van der Waals surface area (Å²) in [7, 11) is -2.66. The van der Waals surface area contributed by atoms with Gasteiger partial charge < -0.3 is 9.84 Å². The minimum atomic E-state index is -3.75. The van der Waals surface area contributed by atoms with Gasteiger partial charge in [-0.25, -0.2) is 13.1 Å². The van der Waals surface area contributed by atoms with E-state index in [0.717, 1.165) is 7.11 Å². The van der Waals surface area contributed by atoms with Gasteiger partial charge in [-0.2, -0.15) is 0 Å². The van der Waals surface area contributed by atoms with Gasteiger partial charge in [0.15, 0.2) is 5.75 Å². The first kappa shape index (κ1) is 15.9. The van der Waals surface area contributed by atoms with Crippen LogP contribution in [0.1, 0.15) is 19.8 Å². The number of rotatable bonds is 8. The third-order valence-corrected chi connectivity index (χ3v) is 3.39. The van der Waals surface area contributed by atoms with Gasteiger partial charge in [0.05, 0.1) is 7.11 Å². The molecular formula is C9H17NO6S. The van der Waals surface area contributed by atoms with E-state index < -0.39 is 27.7 Å². The molecule has 17 heavy (non-hydrogen) atoms. The third kappa shape index (κ3) is 7.70. The van der Waals surface area contributed by atoms with Gasteiger partial charge in [0.2, 0.25) is 10.0 Å². The van der Waals surface area contributed by atoms with Crippen LogP contribution >= 0.6 is 0 Å². The van der Waals surface area contributed by atoms with Crippen molar-refractivity contribution >= 4 is 22.0 Å². The summed E-state index contributed by atoms with van der Waals surface area (Å²) in [6.45, 7) is 1.77. The zero-order chi connectivity index (χ0) is 13.5. The number of esters is 1. The molecule has 0 fully saturated rings. The van der Waals surface area contributed by atoms with Crippen LogP contribution < -0.4 is 4.72 Å². The average molecular weight is 267 g/mol. The second kappa shape index (κ2) is 7.23. The molecule has 2 N–H and O–H groups in total. The van der Waals surface area contributed by atoms with E-state index in [-0.39, 0.29) is 18.9 Å². The van der Waals surface area contributed by atoms with Crippen LogP contribution in [0.25, 0.3) is 0 Å². The predicted octanol–water partition coefficient (Wildman–Crippen LogP) is -0.420. The van der Waals surface area contributed by atoms with Gasteiger partial charge in [0.25, 0.3) is 0 Å². The number of hydrogen-bond donors (Lipinski definition) is 2. The van der Waals surface area contributed by atoms with E-state index >= 15 is 0 Å². The van der Waals surface area contributed by atoms with Crippen LogP contribution in [0, 0.1) is 5.92 Å². The van der Waals surface area contributed by atoms with Crippen LogP contribution in [-0.2, 0) is 24.3 Å². The molecule has 0 aromatic rings. The Bertz CT molecular complexity index is 364. The van der Waals surface area contributed by atoms with Crippen LogP contribution in [0.2, 0.25) is 0 Å². The summed E-state index contributed by atoms with van der Waals surface area (Å²) in [5, 5.41) is 8.58. The molecule has 0 heterocycles. The minimum absolute atomic E-state index is 0.00211. The second-order valence-electron chi connectivity index (χ2n) is 3.56. The Morgan fingerprint density at radius 1 is 1.41 bits per heavy atom. The highest BCUT2D eigenvalue weighted by Gasteiger charge is 2.19. The largest absolute Gasteiger partial charge is 0.481 e. The highest BCUT2D eigenvalue weighted by molar-refractivity contribution is 7.90. The molecule has 0 radical (unpaired) electrons. The van der Waals surface area contributed by atoms with Crippen molar-refractivity contribution in [3.63, 3.8) is 0 Å². The van der Waals surface area contributed by atoms with Crippen LogP contribution in [0.4, 0.5) is 0 Å². The van der Waals surface area contributed by atoms with E-state index in [4.69, 9.17) is 5.11 Å².